The molecule has 0 aliphatic rings. The SMILES string of the molecule is Cc1cccc(OCc2csc(C(=O)Nc3ccc(C)cc3OC(F)F)c2)c1. The lowest BCUT2D eigenvalue weighted by molar-refractivity contribution is -0.0494. The van der Waals surface area contributed by atoms with E-state index in [1.807, 2.05) is 36.6 Å². The highest BCUT2D eigenvalue weighted by molar-refractivity contribution is 7.12. The second-order valence-corrected chi connectivity index (χ2v) is 7.17. The molecule has 0 unspecified atom stereocenters. The zero-order chi connectivity index (χ0) is 20.1. The van der Waals surface area contributed by atoms with Crippen LogP contribution in [-0.2, 0) is 6.61 Å². The fraction of sp³-hybridized carbons (Fsp3) is 0.190. The molecule has 0 spiro atoms. The molecule has 4 nitrogen and oxygen atoms in total. The van der Waals surface area contributed by atoms with Gasteiger partial charge in [-0.3, -0.25) is 4.79 Å². The van der Waals surface area contributed by atoms with Crippen molar-refractivity contribution in [2.24, 2.45) is 0 Å². The first-order valence-electron chi connectivity index (χ1n) is 8.54. The van der Waals surface area contributed by atoms with E-state index in [1.165, 1.54) is 17.4 Å². The third-order valence-electron chi connectivity index (χ3n) is 3.87. The summed E-state index contributed by atoms with van der Waals surface area (Å²) in [6.45, 7) is 1.10. The Hall–Kier alpha value is -2.93. The van der Waals surface area contributed by atoms with Gasteiger partial charge in [0.1, 0.15) is 18.1 Å². The van der Waals surface area contributed by atoms with Gasteiger partial charge in [-0.15, -0.1) is 11.3 Å². The lowest BCUT2D eigenvalue weighted by atomic mass is 10.2. The molecule has 1 N–H and O–H groups in total. The molecule has 0 bridgehead atoms. The molecule has 0 saturated carbocycles. The van der Waals surface area contributed by atoms with Crippen LogP contribution in [0.1, 0.15) is 26.4 Å². The summed E-state index contributed by atoms with van der Waals surface area (Å²) in [5, 5.41) is 4.46. The predicted octanol–water partition coefficient (Wildman–Crippen LogP) is 5.80. The van der Waals surface area contributed by atoms with Crippen molar-refractivity contribution >= 4 is 22.9 Å². The standard InChI is InChI=1S/C21H19F2NO3S/c1-13-4-3-5-16(8-13)26-11-15-10-19(28-12-15)20(25)24-17-7-6-14(2)9-18(17)27-21(22)23/h3-10,12,21H,11H2,1-2H3,(H,24,25). The molecule has 0 fully saturated rings. The van der Waals surface area contributed by atoms with E-state index in [9.17, 15) is 13.6 Å². The van der Waals surface area contributed by atoms with Crippen molar-refractivity contribution in [2.75, 3.05) is 5.32 Å². The van der Waals surface area contributed by atoms with E-state index in [2.05, 4.69) is 10.1 Å². The van der Waals surface area contributed by atoms with Crippen LogP contribution in [0.4, 0.5) is 14.5 Å². The summed E-state index contributed by atoms with van der Waals surface area (Å²) < 4.78 is 35.4. The van der Waals surface area contributed by atoms with Gasteiger partial charge >= 0.3 is 6.61 Å². The molecule has 0 radical (unpaired) electrons. The Balaban J connectivity index is 1.66. The molecular weight excluding hydrogens is 384 g/mol. The van der Waals surface area contributed by atoms with Crippen molar-refractivity contribution in [3.8, 4) is 11.5 Å². The molecule has 1 heterocycles. The number of nitrogens with one attached hydrogen (secondary N) is 1. The van der Waals surface area contributed by atoms with Gasteiger partial charge in [0, 0.05) is 5.56 Å². The second kappa shape index (κ2) is 8.84. The normalized spacial score (nSPS) is 10.8. The van der Waals surface area contributed by atoms with Crippen LogP contribution in [0, 0.1) is 13.8 Å². The van der Waals surface area contributed by atoms with Crippen LogP contribution in [0.2, 0.25) is 0 Å². The topological polar surface area (TPSA) is 47.6 Å². The highest BCUT2D eigenvalue weighted by Gasteiger charge is 2.15. The molecule has 7 heteroatoms. The maximum absolute atomic E-state index is 12.6. The van der Waals surface area contributed by atoms with Gasteiger partial charge in [-0.25, -0.2) is 0 Å². The maximum atomic E-state index is 12.6. The largest absolute Gasteiger partial charge is 0.489 e. The average Bonchev–Trinajstić information content (AvgIpc) is 3.11. The minimum Gasteiger partial charge on any atom is -0.489 e. The second-order valence-electron chi connectivity index (χ2n) is 6.26. The summed E-state index contributed by atoms with van der Waals surface area (Å²) in [4.78, 5) is 12.9. The number of anilines is 1. The number of benzene rings is 2. The predicted molar refractivity (Wildman–Crippen MR) is 106 cm³/mol. The highest BCUT2D eigenvalue weighted by Crippen LogP contribution is 2.28. The van der Waals surface area contributed by atoms with E-state index in [0.29, 0.717) is 11.5 Å². The van der Waals surface area contributed by atoms with Crippen LogP contribution in [0.25, 0.3) is 0 Å². The number of aryl methyl sites for hydroxylation is 2. The van der Waals surface area contributed by atoms with Gasteiger partial charge in [0.05, 0.1) is 10.6 Å². The quantitative estimate of drug-likeness (QED) is 0.543. The van der Waals surface area contributed by atoms with E-state index in [1.54, 1.807) is 25.1 Å². The first kappa shape index (κ1) is 19.8. The molecule has 3 aromatic rings. The van der Waals surface area contributed by atoms with Crippen LogP contribution in [-0.4, -0.2) is 12.5 Å². The molecular formula is C21H19F2NO3S. The van der Waals surface area contributed by atoms with E-state index in [0.717, 1.165) is 22.4 Å². The van der Waals surface area contributed by atoms with Crippen LogP contribution >= 0.6 is 11.3 Å². The average molecular weight is 403 g/mol. The molecule has 146 valence electrons. The number of hydrogen-bond donors (Lipinski definition) is 1. The van der Waals surface area contributed by atoms with Crippen LogP contribution in [0.3, 0.4) is 0 Å². The molecule has 0 aliphatic heterocycles. The molecule has 0 saturated heterocycles. The first-order chi connectivity index (χ1) is 13.4. The monoisotopic (exact) mass is 403 g/mol. The lowest BCUT2D eigenvalue weighted by Gasteiger charge is -2.12. The summed E-state index contributed by atoms with van der Waals surface area (Å²) in [5.41, 5.74) is 2.90. The number of thiophene rings is 1. The molecule has 3 rings (SSSR count). The zero-order valence-electron chi connectivity index (χ0n) is 15.4. The fourth-order valence-corrected chi connectivity index (χ4v) is 3.34. The van der Waals surface area contributed by atoms with Crippen molar-refractivity contribution in [1.82, 2.24) is 0 Å². The Kier molecular flexibility index (Phi) is 6.26. The number of rotatable bonds is 7. The maximum Gasteiger partial charge on any atom is 0.387 e. The molecule has 0 atom stereocenters. The van der Waals surface area contributed by atoms with Gasteiger partial charge in [-0.05, 0) is 60.7 Å². The van der Waals surface area contributed by atoms with Crippen LogP contribution in [0.15, 0.2) is 53.9 Å². The van der Waals surface area contributed by atoms with Crippen molar-refractivity contribution in [3.05, 3.63) is 75.5 Å². The van der Waals surface area contributed by atoms with Gasteiger partial charge in [-0.2, -0.15) is 8.78 Å². The van der Waals surface area contributed by atoms with Gasteiger partial charge < -0.3 is 14.8 Å². The summed E-state index contributed by atoms with van der Waals surface area (Å²) in [6.07, 6.45) is 0. The molecule has 28 heavy (non-hydrogen) atoms. The van der Waals surface area contributed by atoms with E-state index < -0.39 is 12.5 Å². The zero-order valence-corrected chi connectivity index (χ0v) is 16.2. The Morgan fingerprint density at radius 3 is 2.64 bits per heavy atom. The van der Waals surface area contributed by atoms with Gasteiger partial charge in [-0.1, -0.05) is 18.2 Å². The van der Waals surface area contributed by atoms with E-state index >= 15 is 0 Å². The van der Waals surface area contributed by atoms with Crippen molar-refractivity contribution in [1.29, 1.82) is 0 Å². The van der Waals surface area contributed by atoms with Crippen molar-refractivity contribution < 1.29 is 23.0 Å². The minimum absolute atomic E-state index is 0.0667. The Morgan fingerprint density at radius 2 is 1.89 bits per heavy atom. The summed E-state index contributed by atoms with van der Waals surface area (Å²) in [6, 6.07) is 14.1. The number of ether oxygens (including phenoxy) is 2. The minimum atomic E-state index is -2.97. The van der Waals surface area contributed by atoms with Gasteiger partial charge in [0.15, 0.2) is 0 Å². The summed E-state index contributed by atoms with van der Waals surface area (Å²) in [5.74, 6) is 0.295. The molecule has 1 aromatic heterocycles. The van der Waals surface area contributed by atoms with E-state index in [4.69, 9.17) is 4.74 Å². The third kappa shape index (κ3) is 5.29. The number of carbonyl (C=O) groups is 1. The number of halogens is 2. The third-order valence-corrected chi connectivity index (χ3v) is 4.85. The molecule has 0 aliphatic carbocycles. The van der Waals surface area contributed by atoms with Gasteiger partial charge in [0.2, 0.25) is 0 Å². The number of alkyl halides is 2. The Bertz CT molecular complexity index is 972. The van der Waals surface area contributed by atoms with Crippen LogP contribution in [0.5, 0.6) is 11.5 Å². The van der Waals surface area contributed by atoms with Crippen LogP contribution < -0.4 is 14.8 Å². The summed E-state index contributed by atoms with van der Waals surface area (Å²) >= 11 is 1.26. The van der Waals surface area contributed by atoms with Gasteiger partial charge in [0.25, 0.3) is 5.91 Å². The number of amides is 1. The molecule has 2 aromatic carbocycles. The Labute approximate surface area is 165 Å². The van der Waals surface area contributed by atoms with Crippen molar-refractivity contribution in [2.45, 2.75) is 27.1 Å². The summed E-state index contributed by atoms with van der Waals surface area (Å²) in [7, 11) is 0. The highest BCUT2D eigenvalue weighted by atomic mass is 32.1. The molecule has 1 amide bonds. The smallest absolute Gasteiger partial charge is 0.387 e. The van der Waals surface area contributed by atoms with E-state index in [-0.39, 0.29) is 11.4 Å². The first-order valence-corrected chi connectivity index (χ1v) is 9.42. The lowest BCUT2D eigenvalue weighted by Crippen LogP contribution is -2.13. The fourth-order valence-electron chi connectivity index (χ4n) is 2.55. The number of hydrogen-bond acceptors (Lipinski definition) is 4. The van der Waals surface area contributed by atoms with Crippen molar-refractivity contribution in [3.63, 3.8) is 0 Å². The Morgan fingerprint density at radius 1 is 1.11 bits per heavy atom. The number of carbonyl (C=O) groups excluding carboxylic acids is 1.